The summed E-state index contributed by atoms with van der Waals surface area (Å²) in [4.78, 5) is 12.4. The number of carbonyl (C=O) groups is 1. The molecule has 0 fully saturated rings. The number of carbonyl (C=O) groups excluding carboxylic acids is 1. The Balaban J connectivity index is 2.39. The van der Waals surface area contributed by atoms with E-state index >= 15 is 0 Å². The minimum Gasteiger partial charge on any atom is -0.543 e. The molecule has 4 nitrogen and oxygen atoms in total. The van der Waals surface area contributed by atoms with Gasteiger partial charge in [0.15, 0.2) is 0 Å². The van der Waals surface area contributed by atoms with Gasteiger partial charge in [-0.3, -0.25) is 0 Å². The van der Waals surface area contributed by atoms with Crippen molar-refractivity contribution in [3.63, 3.8) is 0 Å². The van der Waals surface area contributed by atoms with Crippen LogP contribution in [0.15, 0.2) is 24.3 Å². The highest BCUT2D eigenvalue weighted by molar-refractivity contribution is 6.74. The normalized spacial score (nSPS) is 13.2. The first-order valence-corrected chi connectivity index (χ1v) is 11.7. The van der Waals surface area contributed by atoms with E-state index in [0.717, 1.165) is 11.1 Å². The van der Waals surface area contributed by atoms with Gasteiger partial charge >= 0.3 is 6.09 Å². The van der Waals surface area contributed by atoms with Gasteiger partial charge in [-0.2, -0.15) is 0 Å². The summed E-state index contributed by atoms with van der Waals surface area (Å²) in [6.07, 6.45) is -0.481. The van der Waals surface area contributed by atoms with Crippen LogP contribution < -0.4 is 4.43 Å². The number of nitrogens with zero attached hydrogens (tertiary/aromatic N) is 1. The van der Waals surface area contributed by atoms with Crippen molar-refractivity contribution in [1.82, 2.24) is 4.57 Å². The lowest BCUT2D eigenvalue weighted by molar-refractivity contribution is 0.0545. The van der Waals surface area contributed by atoms with Gasteiger partial charge in [-0.05, 0) is 63.2 Å². The zero-order valence-electron chi connectivity index (χ0n) is 16.4. The fraction of sp³-hybridized carbons (Fsp3) is 0.526. The quantitative estimate of drug-likeness (QED) is 0.560. The Bertz CT molecular complexity index is 797. The van der Waals surface area contributed by atoms with E-state index in [1.807, 2.05) is 39.0 Å². The summed E-state index contributed by atoms with van der Waals surface area (Å²) in [5.74, 6) is 0.803. The van der Waals surface area contributed by atoms with Crippen molar-refractivity contribution in [3.05, 3.63) is 29.4 Å². The van der Waals surface area contributed by atoms with E-state index < -0.39 is 20.0 Å². The highest BCUT2D eigenvalue weighted by Gasteiger charge is 2.39. The van der Waals surface area contributed by atoms with Crippen LogP contribution in [0.4, 0.5) is 4.79 Å². The first-order valence-electron chi connectivity index (χ1n) is 8.45. The molecule has 6 heteroatoms. The molecule has 2 rings (SSSR count). The molecule has 0 saturated heterocycles. The maximum Gasteiger partial charge on any atom is 0.420 e. The van der Waals surface area contributed by atoms with Gasteiger partial charge in [0.1, 0.15) is 16.5 Å². The molecule has 0 radical (unpaired) electrons. The van der Waals surface area contributed by atoms with Gasteiger partial charge in [-0.25, -0.2) is 9.36 Å². The predicted octanol–water partition coefficient (Wildman–Crippen LogP) is 6.46. The van der Waals surface area contributed by atoms with Gasteiger partial charge in [-0.15, -0.1) is 0 Å². The molecule has 0 unspecified atom stereocenters. The Hall–Kier alpha value is -1.46. The average molecular weight is 382 g/mol. The molecule has 1 aromatic heterocycles. The first kappa shape index (κ1) is 19.9. The number of fused-ring (bicyclic) bond motifs is 1. The summed E-state index contributed by atoms with van der Waals surface area (Å²) in [5, 5.41) is 1.29. The van der Waals surface area contributed by atoms with Gasteiger partial charge in [0.25, 0.3) is 0 Å². The number of ether oxygens (including phenoxy) is 1. The van der Waals surface area contributed by atoms with Crippen molar-refractivity contribution >= 4 is 36.9 Å². The van der Waals surface area contributed by atoms with E-state index in [0.29, 0.717) is 10.7 Å². The molecular weight excluding hydrogens is 354 g/mol. The SMILES string of the molecule is CC(C)(C)OC(=O)n1c(Cl)cc2cc(O[Si](C)(C)C(C)(C)C)ccc21. The van der Waals surface area contributed by atoms with Crippen molar-refractivity contribution in [2.24, 2.45) is 0 Å². The molecule has 0 atom stereocenters. The Morgan fingerprint density at radius 3 is 2.20 bits per heavy atom. The Morgan fingerprint density at radius 1 is 1.08 bits per heavy atom. The molecule has 1 heterocycles. The van der Waals surface area contributed by atoms with Crippen LogP contribution in [0.2, 0.25) is 23.3 Å². The van der Waals surface area contributed by atoms with Gasteiger partial charge in [0.05, 0.1) is 5.52 Å². The van der Waals surface area contributed by atoms with Gasteiger partial charge in [-0.1, -0.05) is 32.4 Å². The Labute approximate surface area is 156 Å². The van der Waals surface area contributed by atoms with Crippen LogP contribution in [-0.2, 0) is 4.74 Å². The van der Waals surface area contributed by atoms with Crippen LogP contribution >= 0.6 is 11.6 Å². The van der Waals surface area contributed by atoms with Gasteiger partial charge in [0.2, 0.25) is 8.32 Å². The van der Waals surface area contributed by atoms with E-state index in [1.54, 1.807) is 6.07 Å². The first-order chi connectivity index (χ1) is 11.2. The number of rotatable bonds is 2. The topological polar surface area (TPSA) is 40.5 Å². The second kappa shape index (κ2) is 6.36. The van der Waals surface area contributed by atoms with Crippen LogP contribution in [-0.4, -0.2) is 24.6 Å². The van der Waals surface area contributed by atoms with Gasteiger partial charge in [0, 0.05) is 5.39 Å². The fourth-order valence-corrected chi connectivity index (χ4v) is 3.46. The number of halogens is 1. The minimum absolute atomic E-state index is 0.113. The third-order valence-corrected chi connectivity index (χ3v) is 9.12. The Morgan fingerprint density at radius 2 is 1.68 bits per heavy atom. The van der Waals surface area contributed by atoms with E-state index in [1.165, 1.54) is 4.57 Å². The molecule has 2 aromatic rings. The van der Waals surface area contributed by atoms with Crippen LogP contribution in [0.25, 0.3) is 10.9 Å². The lowest BCUT2D eigenvalue weighted by Crippen LogP contribution is -2.43. The van der Waals surface area contributed by atoms with Crippen LogP contribution in [0.5, 0.6) is 5.75 Å². The number of hydrogen-bond acceptors (Lipinski definition) is 3. The van der Waals surface area contributed by atoms with Crippen molar-refractivity contribution in [2.75, 3.05) is 0 Å². The highest BCUT2D eigenvalue weighted by Crippen LogP contribution is 2.38. The molecule has 138 valence electrons. The Kier molecular flexibility index (Phi) is 5.05. The standard InChI is InChI=1S/C19H28ClNO3Si/c1-18(2,3)23-17(22)21-15-10-9-14(11-13(15)12-16(21)20)24-25(7,8)19(4,5)6/h9-12H,1-8H3. The van der Waals surface area contributed by atoms with E-state index in [-0.39, 0.29) is 5.04 Å². The van der Waals surface area contributed by atoms with E-state index in [9.17, 15) is 4.79 Å². The second-order valence-electron chi connectivity index (χ2n) is 8.87. The lowest BCUT2D eigenvalue weighted by atomic mass is 10.2. The summed E-state index contributed by atoms with van der Waals surface area (Å²) in [6, 6.07) is 7.44. The summed E-state index contributed by atoms with van der Waals surface area (Å²) in [7, 11) is -1.92. The molecule has 0 aliphatic heterocycles. The highest BCUT2D eigenvalue weighted by atomic mass is 35.5. The summed E-state index contributed by atoms with van der Waals surface area (Å²) in [6.45, 7) is 16.5. The lowest BCUT2D eigenvalue weighted by Gasteiger charge is -2.36. The van der Waals surface area contributed by atoms with Crippen LogP contribution in [0.3, 0.4) is 0 Å². The van der Waals surface area contributed by atoms with Crippen molar-refractivity contribution in [2.45, 2.75) is 65.3 Å². The smallest absolute Gasteiger partial charge is 0.420 e. The van der Waals surface area contributed by atoms with E-state index in [4.69, 9.17) is 20.8 Å². The molecule has 0 bridgehead atoms. The summed E-state index contributed by atoms with van der Waals surface area (Å²) < 4.78 is 13.2. The molecule has 1 aromatic carbocycles. The second-order valence-corrected chi connectivity index (χ2v) is 14.0. The van der Waals surface area contributed by atoms with Crippen LogP contribution in [0, 0.1) is 0 Å². The van der Waals surface area contributed by atoms with E-state index in [2.05, 4.69) is 33.9 Å². The molecular formula is C19H28ClNO3Si. The third-order valence-electron chi connectivity index (χ3n) is 4.48. The zero-order chi connectivity index (χ0) is 19.2. The minimum atomic E-state index is -1.92. The zero-order valence-corrected chi connectivity index (χ0v) is 18.1. The fourth-order valence-electron chi connectivity index (χ4n) is 2.16. The maximum atomic E-state index is 12.4. The van der Waals surface area contributed by atoms with Crippen molar-refractivity contribution in [1.29, 1.82) is 0 Å². The molecule has 0 saturated carbocycles. The van der Waals surface area contributed by atoms with Gasteiger partial charge < -0.3 is 9.16 Å². The molecule has 0 aliphatic carbocycles. The molecule has 25 heavy (non-hydrogen) atoms. The summed E-state index contributed by atoms with van der Waals surface area (Å²) >= 11 is 6.28. The molecule has 0 aliphatic rings. The molecule has 0 N–H and O–H groups in total. The summed E-state index contributed by atoms with van der Waals surface area (Å²) in [5.41, 5.74) is 0.129. The van der Waals surface area contributed by atoms with Crippen LogP contribution in [0.1, 0.15) is 41.5 Å². The molecule has 0 spiro atoms. The molecule has 0 amide bonds. The van der Waals surface area contributed by atoms with Crippen molar-refractivity contribution in [3.8, 4) is 5.75 Å². The third kappa shape index (κ3) is 4.39. The monoisotopic (exact) mass is 381 g/mol. The van der Waals surface area contributed by atoms with Crippen molar-refractivity contribution < 1.29 is 14.0 Å². The number of aromatic nitrogens is 1. The number of benzene rings is 1. The number of hydrogen-bond donors (Lipinski definition) is 0. The maximum absolute atomic E-state index is 12.4. The predicted molar refractivity (Wildman–Crippen MR) is 106 cm³/mol. The largest absolute Gasteiger partial charge is 0.543 e. The average Bonchev–Trinajstić information content (AvgIpc) is 2.69.